The van der Waals surface area contributed by atoms with Gasteiger partial charge in [-0.1, -0.05) is 36.4 Å². The van der Waals surface area contributed by atoms with Crippen LogP contribution in [0.2, 0.25) is 0 Å². The molecular formula is C18H16F3N3O. The van der Waals surface area contributed by atoms with E-state index in [2.05, 4.69) is 10.4 Å². The van der Waals surface area contributed by atoms with Gasteiger partial charge in [0.15, 0.2) is 5.69 Å². The van der Waals surface area contributed by atoms with E-state index < -0.39 is 17.8 Å². The fourth-order valence-corrected chi connectivity index (χ4v) is 2.60. The van der Waals surface area contributed by atoms with E-state index in [1.165, 1.54) is 0 Å². The van der Waals surface area contributed by atoms with Crippen molar-refractivity contribution >= 4 is 16.7 Å². The number of carbonyl (C=O) groups is 1. The van der Waals surface area contributed by atoms with Gasteiger partial charge in [-0.05, 0) is 35.4 Å². The molecule has 0 spiro atoms. The molecular weight excluding hydrogens is 331 g/mol. The van der Waals surface area contributed by atoms with Gasteiger partial charge in [0, 0.05) is 6.20 Å². The molecule has 0 aliphatic heterocycles. The van der Waals surface area contributed by atoms with Crippen molar-refractivity contribution in [2.75, 3.05) is 0 Å². The van der Waals surface area contributed by atoms with E-state index in [4.69, 9.17) is 0 Å². The van der Waals surface area contributed by atoms with Crippen molar-refractivity contribution in [3.05, 3.63) is 66.0 Å². The van der Waals surface area contributed by atoms with Crippen molar-refractivity contribution in [2.24, 2.45) is 0 Å². The third-order valence-electron chi connectivity index (χ3n) is 3.89. The maximum absolute atomic E-state index is 12.5. The lowest BCUT2D eigenvalue weighted by atomic mass is 10.0. The third kappa shape index (κ3) is 3.99. The first kappa shape index (κ1) is 17.0. The molecule has 1 heterocycles. The molecule has 3 aromatic rings. The average Bonchev–Trinajstić information content (AvgIpc) is 3.03. The minimum Gasteiger partial charge on any atom is -0.348 e. The van der Waals surface area contributed by atoms with E-state index >= 15 is 0 Å². The predicted molar refractivity (Wildman–Crippen MR) is 87.7 cm³/mol. The number of amides is 1. The van der Waals surface area contributed by atoms with Gasteiger partial charge in [0.1, 0.15) is 6.54 Å². The van der Waals surface area contributed by atoms with Crippen LogP contribution in [0.4, 0.5) is 13.2 Å². The fraction of sp³-hybridized carbons (Fsp3) is 0.222. The number of fused-ring (bicyclic) bond motifs is 1. The molecule has 0 saturated carbocycles. The number of benzene rings is 2. The van der Waals surface area contributed by atoms with Gasteiger partial charge in [-0.25, -0.2) is 0 Å². The van der Waals surface area contributed by atoms with Crippen LogP contribution >= 0.6 is 0 Å². The number of carbonyl (C=O) groups excluding carboxylic acids is 1. The Morgan fingerprint density at radius 2 is 1.88 bits per heavy atom. The van der Waals surface area contributed by atoms with Crippen molar-refractivity contribution < 1.29 is 18.0 Å². The van der Waals surface area contributed by atoms with E-state index in [9.17, 15) is 18.0 Å². The number of alkyl halides is 3. The monoisotopic (exact) mass is 347 g/mol. The number of hydrogen-bond acceptors (Lipinski definition) is 2. The van der Waals surface area contributed by atoms with Crippen molar-refractivity contribution in [1.82, 2.24) is 15.1 Å². The standard InChI is InChI=1S/C18H16F3N3O/c1-12(14-7-6-13-4-2-3-5-15(13)10-14)22-17(25)11-24-9-8-16(23-24)18(19,20)21/h2-10,12H,11H2,1H3,(H,22,25). The number of hydrogen-bond donors (Lipinski definition) is 1. The normalized spacial score (nSPS) is 13.0. The summed E-state index contributed by atoms with van der Waals surface area (Å²) in [4.78, 5) is 12.1. The third-order valence-corrected chi connectivity index (χ3v) is 3.89. The first-order chi connectivity index (χ1) is 11.8. The van der Waals surface area contributed by atoms with Crippen LogP contribution < -0.4 is 5.32 Å². The Morgan fingerprint density at radius 1 is 1.16 bits per heavy atom. The second-order valence-corrected chi connectivity index (χ2v) is 5.79. The van der Waals surface area contributed by atoms with E-state index in [1.54, 1.807) is 0 Å². The molecule has 1 unspecified atom stereocenters. The molecule has 25 heavy (non-hydrogen) atoms. The summed E-state index contributed by atoms with van der Waals surface area (Å²) in [6.07, 6.45) is -3.37. The van der Waals surface area contributed by atoms with E-state index in [1.807, 2.05) is 49.4 Å². The molecule has 1 amide bonds. The van der Waals surface area contributed by atoms with Crippen LogP contribution in [0.25, 0.3) is 10.8 Å². The molecule has 1 N–H and O–H groups in total. The summed E-state index contributed by atoms with van der Waals surface area (Å²) in [5.41, 5.74) is -0.0913. The summed E-state index contributed by atoms with van der Waals surface area (Å²) < 4.78 is 38.5. The van der Waals surface area contributed by atoms with Crippen molar-refractivity contribution in [3.8, 4) is 0 Å². The SMILES string of the molecule is CC(NC(=O)Cn1ccc(C(F)(F)F)n1)c1ccc2ccccc2c1. The van der Waals surface area contributed by atoms with Crippen LogP contribution in [-0.4, -0.2) is 15.7 Å². The molecule has 0 aliphatic carbocycles. The molecule has 130 valence electrons. The average molecular weight is 347 g/mol. The molecule has 7 heteroatoms. The van der Waals surface area contributed by atoms with Gasteiger partial charge in [-0.15, -0.1) is 0 Å². The number of nitrogens with one attached hydrogen (secondary N) is 1. The lowest BCUT2D eigenvalue weighted by Crippen LogP contribution is -2.30. The number of halogens is 3. The number of nitrogens with zero attached hydrogens (tertiary/aromatic N) is 2. The summed E-state index contributed by atoms with van der Waals surface area (Å²) >= 11 is 0. The minimum absolute atomic E-state index is 0.269. The topological polar surface area (TPSA) is 46.9 Å². The van der Waals surface area contributed by atoms with Crippen LogP contribution in [0.15, 0.2) is 54.7 Å². The Morgan fingerprint density at radius 3 is 2.56 bits per heavy atom. The van der Waals surface area contributed by atoms with Crippen molar-refractivity contribution in [1.29, 1.82) is 0 Å². The highest BCUT2D eigenvalue weighted by Gasteiger charge is 2.33. The summed E-state index contributed by atoms with van der Waals surface area (Å²) in [5, 5.41) is 8.31. The van der Waals surface area contributed by atoms with Gasteiger partial charge in [-0.3, -0.25) is 9.48 Å². The second-order valence-electron chi connectivity index (χ2n) is 5.79. The van der Waals surface area contributed by atoms with Crippen LogP contribution in [-0.2, 0) is 17.5 Å². The first-order valence-electron chi connectivity index (χ1n) is 7.71. The maximum Gasteiger partial charge on any atom is 0.435 e. The van der Waals surface area contributed by atoms with E-state index in [0.29, 0.717) is 0 Å². The zero-order valence-electron chi connectivity index (χ0n) is 13.4. The number of rotatable bonds is 4. The van der Waals surface area contributed by atoms with Crippen LogP contribution in [0.1, 0.15) is 24.2 Å². The van der Waals surface area contributed by atoms with Crippen molar-refractivity contribution in [3.63, 3.8) is 0 Å². The summed E-state index contributed by atoms with van der Waals surface area (Å²) in [6.45, 7) is 1.56. The highest BCUT2D eigenvalue weighted by Crippen LogP contribution is 2.27. The Hall–Kier alpha value is -2.83. The van der Waals surface area contributed by atoms with Crippen molar-refractivity contribution in [2.45, 2.75) is 25.7 Å². The number of aromatic nitrogens is 2. The second kappa shape index (κ2) is 6.58. The molecule has 4 nitrogen and oxygen atoms in total. The first-order valence-corrected chi connectivity index (χ1v) is 7.71. The van der Waals surface area contributed by atoms with Gasteiger partial charge in [0.2, 0.25) is 5.91 Å². The van der Waals surface area contributed by atoms with Gasteiger partial charge in [-0.2, -0.15) is 18.3 Å². The Labute approximate surface area is 142 Å². The quantitative estimate of drug-likeness (QED) is 0.777. The van der Waals surface area contributed by atoms with Crippen LogP contribution in [0, 0.1) is 0 Å². The van der Waals surface area contributed by atoms with E-state index in [0.717, 1.165) is 33.3 Å². The largest absolute Gasteiger partial charge is 0.435 e. The maximum atomic E-state index is 12.5. The molecule has 2 aromatic carbocycles. The Kier molecular flexibility index (Phi) is 4.48. The van der Waals surface area contributed by atoms with Crippen LogP contribution in [0.5, 0.6) is 0 Å². The molecule has 0 aliphatic rings. The lowest BCUT2D eigenvalue weighted by Gasteiger charge is -2.15. The zero-order chi connectivity index (χ0) is 18.0. The van der Waals surface area contributed by atoms with Gasteiger partial charge >= 0.3 is 6.18 Å². The smallest absolute Gasteiger partial charge is 0.348 e. The molecule has 3 rings (SSSR count). The Bertz CT molecular complexity index is 902. The van der Waals surface area contributed by atoms with Crippen LogP contribution in [0.3, 0.4) is 0 Å². The summed E-state index contributed by atoms with van der Waals surface area (Å²) in [6, 6.07) is 14.3. The highest BCUT2D eigenvalue weighted by atomic mass is 19.4. The minimum atomic E-state index is -4.51. The molecule has 0 radical (unpaired) electrons. The molecule has 1 aromatic heterocycles. The molecule has 0 bridgehead atoms. The van der Waals surface area contributed by atoms with Gasteiger partial charge in [0.05, 0.1) is 6.04 Å². The summed E-state index contributed by atoms with van der Waals surface area (Å²) in [7, 11) is 0. The summed E-state index contributed by atoms with van der Waals surface area (Å²) in [5.74, 6) is -0.405. The Balaban J connectivity index is 1.66. The van der Waals surface area contributed by atoms with Gasteiger partial charge in [0.25, 0.3) is 0 Å². The molecule has 1 atom stereocenters. The zero-order valence-corrected chi connectivity index (χ0v) is 13.4. The highest BCUT2D eigenvalue weighted by molar-refractivity contribution is 5.83. The molecule has 0 fully saturated rings. The molecule has 0 saturated heterocycles. The van der Waals surface area contributed by atoms with Gasteiger partial charge < -0.3 is 5.32 Å². The predicted octanol–water partition coefficient (Wildman–Crippen LogP) is 3.93. The van der Waals surface area contributed by atoms with E-state index in [-0.39, 0.29) is 12.6 Å². The lowest BCUT2D eigenvalue weighted by molar-refractivity contribution is -0.141. The fourth-order valence-electron chi connectivity index (χ4n) is 2.60.